The average molecular weight is 409 g/mol. The normalized spacial score (nSPS) is 30.5. The quantitative estimate of drug-likeness (QED) is 0.670. The van der Waals surface area contributed by atoms with Crippen LogP contribution in [0, 0.1) is 11.3 Å². The highest BCUT2D eigenvalue weighted by atomic mass is 16.5. The summed E-state index contributed by atoms with van der Waals surface area (Å²) in [4.78, 5) is 41.6. The Balaban J connectivity index is 1.59. The summed E-state index contributed by atoms with van der Waals surface area (Å²) in [6.07, 6.45) is 2.26. The molecule has 1 spiro atoms. The van der Waals surface area contributed by atoms with E-state index in [4.69, 9.17) is 4.74 Å². The second-order valence-corrected chi connectivity index (χ2v) is 10.4. The number of carbonyl (C=O) groups excluding carboxylic acids is 3. The first-order valence-electron chi connectivity index (χ1n) is 10.7. The van der Waals surface area contributed by atoms with Gasteiger partial charge in [0, 0.05) is 25.2 Å². The summed E-state index contributed by atoms with van der Waals surface area (Å²) in [5.41, 5.74) is -1.12. The van der Waals surface area contributed by atoms with E-state index < -0.39 is 11.6 Å². The maximum absolute atomic E-state index is 13.2. The van der Waals surface area contributed by atoms with Crippen molar-refractivity contribution in [3.8, 4) is 0 Å². The van der Waals surface area contributed by atoms with Crippen molar-refractivity contribution in [1.29, 1.82) is 0 Å². The summed E-state index contributed by atoms with van der Waals surface area (Å²) in [5.74, 6) is -0.231. The predicted octanol–water partition coefficient (Wildman–Crippen LogP) is 1.35. The predicted molar refractivity (Wildman–Crippen MR) is 109 cm³/mol. The first-order chi connectivity index (χ1) is 13.4. The van der Waals surface area contributed by atoms with Gasteiger partial charge in [-0.2, -0.15) is 0 Å². The van der Waals surface area contributed by atoms with Gasteiger partial charge in [0.15, 0.2) is 0 Å². The molecule has 1 aliphatic carbocycles. The van der Waals surface area contributed by atoms with E-state index in [9.17, 15) is 14.4 Å². The molecule has 3 fully saturated rings. The maximum atomic E-state index is 13.2. The van der Waals surface area contributed by atoms with E-state index in [1.165, 1.54) is 0 Å². The molecule has 8 heteroatoms. The lowest BCUT2D eigenvalue weighted by atomic mass is 9.64. The van der Waals surface area contributed by atoms with Crippen LogP contribution in [0.25, 0.3) is 0 Å². The molecule has 4 amide bonds. The molecule has 2 unspecified atom stereocenters. The third-order valence-corrected chi connectivity index (χ3v) is 6.51. The Morgan fingerprint density at radius 2 is 1.90 bits per heavy atom. The van der Waals surface area contributed by atoms with Crippen LogP contribution in [-0.2, 0) is 14.3 Å². The highest BCUT2D eigenvalue weighted by molar-refractivity contribution is 6.09. The fourth-order valence-corrected chi connectivity index (χ4v) is 5.44. The van der Waals surface area contributed by atoms with Gasteiger partial charge in [-0.25, -0.2) is 4.79 Å². The van der Waals surface area contributed by atoms with E-state index >= 15 is 0 Å². The summed E-state index contributed by atoms with van der Waals surface area (Å²) < 4.78 is 5.39. The second kappa shape index (κ2) is 7.87. The molecule has 2 heterocycles. The van der Waals surface area contributed by atoms with Crippen molar-refractivity contribution in [2.45, 2.75) is 65.0 Å². The summed E-state index contributed by atoms with van der Waals surface area (Å²) in [5, 5.41) is 5.83. The second-order valence-electron chi connectivity index (χ2n) is 10.4. The van der Waals surface area contributed by atoms with Crippen molar-refractivity contribution >= 4 is 17.8 Å². The number of nitrogens with one attached hydrogen (secondary N) is 2. The number of ether oxygens (including phenoxy) is 1. The number of amides is 4. The van der Waals surface area contributed by atoms with Crippen LogP contribution in [0.5, 0.6) is 0 Å². The molecule has 0 aromatic rings. The van der Waals surface area contributed by atoms with Gasteiger partial charge >= 0.3 is 6.03 Å². The summed E-state index contributed by atoms with van der Waals surface area (Å²) in [7, 11) is 0. The Bertz CT molecular complexity index is 672. The minimum Gasteiger partial charge on any atom is -0.379 e. The zero-order valence-corrected chi connectivity index (χ0v) is 18.5. The van der Waals surface area contributed by atoms with Gasteiger partial charge in [0.05, 0.1) is 13.2 Å². The van der Waals surface area contributed by atoms with Crippen LogP contribution >= 0.6 is 0 Å². The van der Waals surface area contributed by atoms with E-state index in [0.717, 1.165) is 24.4 Å². The Hall–Kier alpha value is -1.67. The minimum absolute atomic E-state index is 0.0267. The van der Waals surface area contributed by atoms with Crippen LogP contribution in [-0.4, -0.2) is 78.1 Å². The first-order valence-corrected chi connectivity index (χ1v) is 10.7. The fraction of sp³-hybridized carbons (Fsp3) is 0.857. The molecule has 0 bridgehead atoms. The van der Waals surface area contributed by atoms with Gasteiger partial charge < -0.3 is 15.4 Å². The van der Waals surface area contributed by atoms with Crippen molar-refractivity contribution in [1.82, 2.24) is 20.4 Å². The van der Waals surface area contributed by atoms with E-state index in [1.807, 2.05) is 0 Å². The number of imide groups is 1. The van der Waals surface area contributed by atoms with Crippen LogP contribution in [0.15, 0.2) is 0 Å². The SMILES string of the molecule is CC1CC(C)(C)CC2(C1)NC(=O)N(CC(=O)NCC(C)(C)N1CCOCC1)C2=O. The lowest BCUT2D eigenvalue weighted by Gasteiger charge is -2.43. The number of carbonyl (C=O) groups is 3. The molecule has 164 valence electrons. The van der Waals surface area contributed by atoms with Gasteiger partial charge in [-0.1, -0.05) is 20.8 Å². The smallest absolute Gasteiger partial charge is 0.325 e. The topological polar surface area (TPSA) is 91.0 Å². The van der Waals surface area contributed by atoms with Gasteiger partial charge in [0.1, 0.15) is 12.1 Å². The third kappa shape index (κ3) is 4.74. The Labute approximate surface area is 173 Å². The van der Waals surface area contributed by atoms with E-state index in [-0.39, 0.29) is 29.3 Å². The molecule has 29 heavy (non-hydrogen) atoms. The number of morpholine rings is 1. The lowest BCUT2D eigenvalue weighted by molar-refractivity contribution is -0.137. The largest absolute Gasteiger partial charge is 0.379 e. The van der Waals surface area contributed by atoms with E-state index in [1.54, 1.807) is 0 Å². The molecule has 8 nitrogen and oxygen atoms in total. The molecular weight excluding hydrogens is 372 g/mol. The summed E-state index contributed by atoms with van der Waals surface area (Å²) in [6, 6.07) is -0.456. The molecule has 3 aliphatic rings. The van der Waals surface area contributed by atoms with Crippen molar-refractivity contribution < 1.29 is 19.1 Å². The molecule has 2 saturated heterocycles. The van der Waals surface area contributed by atoms with Gasteiger partial charge in [-0.05, 0) is 44.4 Å². The van der Waals surface area contributed by atoms with Crippen LogP contribution in [0.3, 0.4) is 0 Å². The summed E-state index contributed by atoms with van der Waals surface area (Å²) >= 11 is 0. The molecule has 1 saturated carbocycles. The van der Waals surface area contributed by atoms with Gasteiger partial charge in [-0.3, -0.25) is 19.4 Å². The highest BCUT2D eigenvalue weighted by Gasteiger charge is 2.56. The number of rotatable bonds is 5. The molecule has 0 radical (unpaired) electrons. The molecular formula is C21H36N4O4. The Morgan fingerprint density at radius 1 is 1.24 bits per heavy atom. The zero-order chi connectivity index (χ0) is 21.4. The van der Waals surface area contributed by atoms with Gasteiger partial charge in [0.25, 0.3) is 5.91 Å². The standard InChI is InChI=1S/C21H36N4O4/c1-15-10-19(2,3)13-21(11-15)17(27)25(18(28)23-21)12-16(26)22-14-20(4,5)24-6-8-29-9-7-24/h15H,6-14H2,1-5H3,(H,22,26)(H,23,28). The number of nitrogens with zero attached hydrogens (tertiary/aromatic N) is 2. The monoisotopic (exact) mass is 408 g/mol. The lowest BCUT2D eigenvalue weighted by Crippen LogP contribution is -2.56. The summed E-state index contributed by atoms with van der Waals surface area (Å²) in [6.45, 7) is 13.8. The Morgan fingerprint density at radius 3 is 2.52 bits per heavy atom. The molecule has 0 aromatic carbocycles. The number of hydrogen-bond donors (Lipinski definition) is 2. The number of urea groups is 1. The minimum atomic E-state index is -0.869. The molecule has 2 N–H and O–H groups in total. The maximum Gasteiger partial charge on any atom is 0.325 e. The molecule has 3 rings (SSSR count). The van der Waals surface area contributed by atoms with Crippen molar-refractivity contribution in [2.75, 3.05) is 39.4 Å². The van der Waals surface area contributed by atoms with Crippen LogP contribution in [0.1, 0.15) is 53.9 Å². The van der Waals surface area contributed by atoms with Gasteiger partial charge in [0.2, 0.25) is 5.91 Å². The van der Waals surface area contributed by atoms with Crippen LogP contribution in [0.4, 0.5) is 4.79 Å². The Kier molecular flexibility index (Phi) is 5.98. The van der Waals surface area contributed by atoms with Gasteiger partial charge in [-0.15, -0.1) is 0 Å². The average Bonchev–Trinajstić information content (AvgIpc) is 2.82. The number of hydrogen-bond acceptors (Lipinski definition) is 5. The van der Waals surface area contributed by atoms with E-state index in [0.29, 0.717) is 38.5 Å². The first kappa shape index (κ1) is 22.0. The van der Waals surface area contributed by atoms with Crippen LogP contribution < -0.4 is 10.6 Å². The highest BCUT2D eigenvalue weighted by Crippen LogP contribution is 2.46. The van der Waals surface area contributed by atoms with E-state index in [2.05, 4.69) is 50.2 Å². The van der Waals surface area contributed by atoms with Crippen molar-refractivity contribution in [2.24, 2.45) is 11.3 Å². The third-order valence-electron chi connectivity index (χ3n) is 6.51. The molecule has 2 atom stereocenters. The van der Waals surface area contributed by atoms with Crippen LogP contribution in [0.2, 0.25) is 0 Å². The van der Waals surface area contributed by atoms with Crippen molar-refractivity contribution in [3.63, 3.8) is 0 Å². The fourth-order valence-electron chi connectivity index (χ4n) is 5.44. The molecule has 2 aliphatic heterocycles. The zero-order valence-electron chi connectivity index (χ0n) is 18.5. The molecule has 0 aromatic heterocycles. The van der Waals surface area contributed by atoms with Crippen molar-refractivity contribution in [3.05, 3.63) is 0 Å².